The summed E-state index contributed by atoms with van der Waals surface area (Å²) in [7, 11) is -3.84. The molecule has 0 aliphatic carbocycles. The first-order chi connectivity index (χ1) is 16.2. The fourth-order valence-corrected chi connectivity index (χ4v) is 6.23. The Kier molecular flexibility index (Phi) is 6.95. The standard InChI is InChI=1S/C25H31N3O5S/c1-4-21-25(30)27-20-12-17(3)23(13-22(20)33-21)34(31,32)28-11-7-10-19(15-28)24(29)26-14-18-9-6-5-8-16(18)2/h5-6,8-9,12-13,19,21H,4,7,10-11,14-15H2,1-3H3,(H,26,29)(H,27,30)/t19-,21+/m0/s1. The molecule has 34 heavy (non-hydrogen) atoms. The van der Waals surface area contributed by atoms with Crippen molar-refractivity contribution >= 4 is 27.5 Å². The van der Waals surface area contributed by atoms with Crippen LogP contribution < -0.4 is 15.4 Å². The van der Waals surface area contributed by atoms with Gasteiger partial charge < -0.3 is 15.4 Å². The van der Waals surface area contributed by atoms with Crippen molar-refractivity contribution in [2.24, 2.45) is 5.92 Å². The summed E-state index contributed by atoms with van der Waals surface area (Å²) in [5.41, 5.74) is 3.13. The van der Waals surface area contributed by atoms with Crippen LogP contribution in [-0.2, 0) is 26.2 Å². The Hall–Kier alpha value is -2.91. The summed E-state index contributed by atoms with van der Waals surface area (Å²) < 4.78 is 34.3. The zero-order valence-electron chi connectivity index (χ0n) is 19.8. The Balaban J connectivity index is 1.50. The van der Waals surface area contributed by atoms with Gasteiger partial charge in [0.15, 0.2) is 6.10 Å². The van der Waals surface area contributed by atoms with Crippen molar-refractivity contribution < 1.29 is 22.7 Å². The highest BCUT2D eigenvalue weighted by atomic mass is 32.2. The van der Waals surface area contributed by atoms with Crippen LogP contribution in [-0.4, -0.2) is 43.7 Å². The molecule has 2 heterocycles. The predicted octanol–water partition coefficient (Wildman–Crippen LogP) is 3.13. The largest absolute Gasteiger partial charge is 0.478 e. The summed E-state index contributed by atoms with van der Waals surface area (Å²) in [5.74, 6) is -0.437. The quantitative estimate of drug-likeness (QED) is 0.654. The molecule has 2 aromatic carbocycles. The van der Waals surface area contributed by atoms with Crippen molar-refractivity contribution in [3.63, 3.8) is 0 Å². The maximum atomic E-state index is 13.6. The number of nitrogens with one attached hydrogen (secondary N) is 2. The van der Waals surface area contributed by atoms with Gasteiger partial charge in [-0.15, -0.1) is 0 Å². The van der Waals surface area contributed by atoms with Crippen molar-refractivity contribution in [1.29, 1.82) is 0 Å². The number of nitrogens with zero attached hydrogens (tertiary/aromatic N) is 1. The van der Waals surface area contributed by atoms with Gasteiger partial charge in [-0.25, -0.2) is 8.42 Å². The maximum Gasteiger partial charge on any atom is 0.265 e. The molecule has 2 aliphatic heterocycles. The molecule has 0 saturated carbocycles. The molecule has 0 unspecified atom stereocenters. The number of hydrogen-bond acceptors (Lipinski definition) is 5. The molecule has 2 N–H and O–H groups in total. The fourth-order valence-electron chi connectivity index (χ4n) is 4.48. The summed E-state index contributed by atoms with van der Waals surface area (Å²) in [6.45, 7) is 6.43. The van der Waals surface area contributed by atoms with E-state index >= 15 is 0 Å². The van der Waals surface area contributed by atoms with Crippen LogP contribution in [0, 0.1) is 19.8 Å². The van der Waals surface area contributed by atoms with E-state index in [2.05, 4.69) is 10.6 Å². The van der Waals surface area contributed by atoms with Gasteiger partial charge in [0.05, 0.1) is 16.5 Å². The lowest BCUT2D eigenvalue weighted by Gasteiger charge is -2.32. The zero-order chi connectivity index (χ0) is 24.5. The van der Waals surface area contributed by atoms with Crippen LogP contribution in [0.4, 0.5) is 5.69 Å². The molecule has 1 saturated heterocycles. The number of sulfonamides is 1. The lowest BCUT2D eigenvalue weighted by Crippen LogP contribution is -2.45. The molecule has 1 fully saturated rings. The highest BCUT2D eigenvalue weighted by Crippen LogP contribution is 2.36. The molecule has 2 amide bonds. The van der Waals surface area contributed by atoms with Crippen LogP contribution in [0.1, 0.15) is 42.9 Å². The molecule has 4 rings (SSSR count). The fraction of sp³-hybridized carbons (Fsp3) is 0.440. The molecule has 182 valence electrons. The second-order valence-corrected chi connectivity index (χ2v) is 10.9. The number of amides is 2. The van der Waals surface area contributed by atoms with Crippen LogP contribution in [0.15, 0.2) is 41.3 Å². The molecule has 2 aromatic rings. The van der Waals surface area contributed by atoms with E-state index in [0.717, 1.165) is 11.1 Å². The number of piperidine rings is 1. The minimum Gasteiger partial charge on any atom is -0.478 e. The van der Waals surface area contributed by atoms with E-state index < -0.39 is 22.0 Å². The average Bonchev–Trinajstić information content (AvgIpc) is 2.82. The summed E-state index contributed by atoms with van der Waals surface area (Å²) in [4.78, 5) is 25.1. The number of ether oxygens (including phenoxy) is 1. The van der Waals surface area contributed by atoms with Gasteiger partial charge in [0.2, 0.25) is 15.9 Å². The topological polar surface area (TPSA) is 105 Å². The predicted molar refractivity (Wildman–Crippen MR) is 129 cm³/mol. The zero-order valence-corrected chi connectivity index (χ0v) is 20.6. The third kappa shape index (κ3) is 4.81. The van der Waals surface area contributed by atoms with Crippen molar-refractivity contribution in [2.75, 3.05) is 18.4 Å². The van der Waals surface area contributed by atoms with Gasteiger partial charge in [0.1, 0.15) is 5.75 Å². The molecule has 0 aromatic heterocycles. The SMILES string of the molecule is CC[C@H]1Oc2cc(S(=O)(=O)N3CCC[C@H](C(=O)NCc4ccccc4C)C3)c(C)cc2NC1=O. The normalized spacial score (nSPS) is 20.7. The summed E-state index contributed by atoms with van der Waals surface area (Å²) in [6, 6.07) is 11.0. The number of benzene rings is 2. The molecule has 9 heteroatoms. The third-order valence-corrected chi connectivity index (χ3v) is 8.56. The third-order valence-electron chi connectivity index (χ3n) is 6.55. The Morgan fingerprint density at radius 2 is 1.97 bits per heavy atom. The molecule has 0 bridgehead atoms. The van der Waals surface area contributed by atoms with Gasteiger partial charge >= 0.3 is 0 Å². The first kappa shape index (κ1) is 24.2. The number of anilines is 1. The first-order valence-electron chi connectivity index (χ1n) is 11.6. The first-order valence-corrected chi connectivity index (χ1v) is 13.1. The number of carbonyl (C=O) groups excluding carboxylic acids is 2. The Morgan fingerprint density at radius 1 is 1.21 bits per heavy atom. The smallest absolute Gasteiger partial charge is 0.265 e. The van der Waals surface area contributed by atoms with Crippen molar-refractivity contribution in [1.82, 2.24) is 9.62 Å². The van der Waals surface area contributed by atoms with E-state index in [1.807, 2.05) is 38.1 Å². The number of aryl methyl sites for hydroxylation is 2. The van der Waals surface area contributed by atoms with Gasteiger partial charge in [0.25, 0.3) is 5.91 Å². The molecule has 0 spiro atoms. The molecular weight excluding hydrogens is 454 g/mol. The van der Waals surface area contributed by atoms with E-state index in [0.29, 0.717) is 49.4 Å². The minimum absolute atomic E-state index is 0.133. The second kappa shape index (κ2) is 9.76. The Bertz CT molecular complexity index is 1210. The van der Waals surface area contributed by atoms with Gasteiger partial charge in [-0.2, -0.15) is 4.31 Å². The summed E-state index contributed by atoms with van der Waals surface area (Å²) in [6.07, 6.45) is 1.08. The Morgan fingerprint density at radius 3 is 2.71 bits per heavy atom. The molecular formula is C25H31N3O5S. The average molecular weight is 486 g/mol. The van der Waals surface area contributed by atoms with Gasteiger partial charge in [-0.05, 0) is 55.9 Å². The number of hydrogen-bond donors (Lipinski definition) is 2. The highest BCUT2D eigenvalue weighted by molar-refractivity contribution is 7.89. The molecule has 2 atom stereocenters. The Labute approximate surface area is 200 Å². The summed E-state index contributed by atoms with van der Waals surface area (Å²) >= 11 is 0. The van der Waals surface area contributed by atoms with Crippen molar-refractivity contribution in [2.45, 2.75) is 57.6 Å². The van der Waals surface area contributed by atoms with Crippen LogP contribution in [0.5, 0.6) is 5.75 Å². The molecule has 2 aliphatic rings. The lowest BCUT2D eigenvalue weighted by atomic mass is 9.98. The van der Waals surface area contributed by atoms with Crippen LogP contribution in [0.25, 0.3) is 0 Å². The minimum atomic E-state index is -3.84. The van der Waals surface area contributed by atoms with Gasteiger partial charge in [0, 0.05) is 25.7 Å². The number of carbonyl (C=O) groups is 2. The van der Waals surface area contributed by atoms with Gasteiger partial charge in [-0.3, -0.25) is 9.59 Å². The molecule has 8 nitrogen and oxygen atoms in total. The van der Waals surface area contributed by atoms with Gasteiger partial charge in [-0.1, -0.05) is 31.2 Å². The van der Waals surface area contributed by atoms with Crippen molar-refractivity contribution in [3.8, 4) is 5.75 Å². The lowest BCUT2D eigenvalue weighted by molar-refractivity contribution is -0.126. The van der Waals surface area contributed by atoms with E-state index in [9.17, 15) is 18.0 Å². The second-order valence-electron chi connectivity index (χ2n) is 8.96. The van der Waals surface area contributed by atoms with E-state index in [1.54, 1.807) is 13.0 Å². The van der Waals surface area contributed by atoms with Crippen LogP contribution in [0.3, 0.4) is 0 Å². The molecule has 0 radical (unpaired) electrons. The van der Waals surface area contributed by atoms with Crippen molar-refractivity contribution in [3.05, 3.63) is 53.1 Å². The maximum absolute atomic E-state index is 13.6. The van der Waals surface area contributed by atoms with Crippen LogP contribution in [0.2, 0.25) is 0 Å². The van der Waals surface area contributed by atoms with E-state index in [4.69, 9.17) is 4.74 Å². The van der Waals surface area contributed by atoms with Crippen LogP contribution >= 0.6 is 0 Å². The number of rotatable bonds is 6. The number of fused-ring (bicyclic) bond motifs is 1. The summed E-state index contributed by atoms with van der Waals surface area (Å²) in [5, 5.41) is 5.76. The monoisotopic (exact) mass is 485 g/mol. The van der Waals surface area contributed by atoms with E-state index in [-0.39, 0.29) is 23.3 Å². The van der Waals surface area contributed by atoms with E-state index in [1.165, 1.54) is 10.4 Å². The highest BCUT2D eigenvalue weighted by Gasteiger charge is 2.35.